The Bertz CT molecular complexity index is 439. The first kappa shape index (κ1) is 11.9. The zero-order chi connectivity index (χ0) is 12.7. The molecule has 3 nitrogen and oxygen atoms in total. The van der Waals surface area contributed by atoms with Crippen molar-refractivity contribution in [2.75, 3.05) is 27.2 Å². The molecule has 2 heterocycles. The van der Waals surface area contributed by atoms with Crippen LogP contribution in [0.1, 0.15) is 12.0 Å². The summed E-state index contributed by atoms with van der Waals surface area (Å²) in [5, 5.41) is 0. The molecule has 2 bridgehead atoms. The molecule has 0 radical (unpaired) electrons. The van der Waals surface area contributed by atoms with Crippen LogP contribution in [0.3, 0.4) is 0 Å². The summed E-state index contributed by atoms with van der Waals surface area (Å²) in [5.41, 5.74) is 1.03. The maximum absolute atomic E-state index is 13.6. The van der Waals surface area contributed by atoms with Gasteiger partial charge in [-0.2, -0.15) is 0 Å². The largest absolute Gasteiger partial charge is 0.494 e. The molecule has 18 heavy (non-hydrogen) atoms. The zero-order valence-corrected chi connectivity index (χ0v) is 10.9. The van der Waals surface area contributed by atoms with E-state index in [0.717, 1.165) is 25.2 Å². The molecule has 0 aliphatic carbocycles. The maximum atomic E-state index is 13.6. The van der Waals surface area contributed by atoms with Gasteiger partial charge >= 0.3 is 0 Å². The Balaban J connectivity index is 1.69. The second-order valence-corrected chi connectivity index (χ2v) is 5.41. The van der Waals surface area contributed by atoms with Gasteiger partial charge in [-0.05, 0) is 31.2 Å². The Morgan fingerprint density at radius 1 is 1.33 bits per heavy atom. The normalized spacial score (nSPS) is 27.9. The molecule has 2 aliphatic heterocycles. The fraction of sp³-hybridized carbons (Fsp3) is 0.571. The average Bonchev–Trinajstić information content (AvgIpc) is 2.36. The van der Waals surface area contributed by atoms with Crippen molar-refractivity contribution >= 4 is 0 Å². The highest BCUT2D eigenvalue weighted by Crippen LogP contribution is 2.33. The van der Waals surface area contributed by atoms with Gasteiger partial charge in [-0.3, -0.25) is 4.90 Å². The molecule has 2 aliphatic rings. The van der Waals surface area contributed by atoms with E-state index < -0.39 is 0 Å². The average molecular weight is 250 g/mol. The van der Waals surface area contributed by atoms with Crippen LogP contribution < -0.4 is 4.74 Å². The van der Waals surface area contributed by atoms with E-state index in [2.05, 4.69) is 16.8 Å². The summed E-state index contributed by atoms with van der Waals surface area (Å²) in [6, 6.07) is 6.57. The van der Waals surface area contributed by atoms with Gasteiger partial charge in [0, 0.05) is 31.7 Å². The molecule has 0 N–H and O–H groups in total. The van der Waals surface area contributed by atoms with Crippen molar-refractivity contribution in [2.45, 2.75) is 25.0 Å². The van der Waals surface area contributed by atoms with Crippen molar-refractivity contribution in [3.05, 3.63) is 29.6 Å². The minimum absolute atomic E-state index is 0.266. The fourth-order valence-electron chi connectivity index (χ4n) is 3.18. The first-order chi connectivity index (χ1) is 8.67. The smallest absolute Gasteiger partial charge is 0.165 e. The van der Waals surface area contributed by atoms with Crippen molar-refractivity contribution in [3.8, 4) is 5.75 Å². The van der Waals surface area contributed by atoms with Crippen LogP contribution in [0.25, 0.3) is 0 Å². The number of nitrogens with zero attached hydrogens (tertiary/aromatic N) is 2. The number of likely N-dealkylation sites (tertiary alicyclic amines) is 2. The number of hydrogen-bond acceptors (Lipinski definition) is 3. The SMILES string of the molecule is COc1ccc(CN2C3CC2CN(C)C3)cc1F. The first-order valence-corrected chi connectivity index (χ1v) is 6.44. The third-order valence-corrected chi connectivity index (χ3v) is 4.11. The molecule has 1 aromatic rings. The highest BCUT2D eigenvalue weighted by atomic mass is 19.1. The summed E-state index contributed by atoms with van der Waals surface area (Å²) in [6.45, 7) is 3.12. The summed E-state index contributed by atoms with van der Waals surface area (Å²) >= 11 is 0. The van der Waals surface area contributed by atoms with E-state index in [1.807, 2.05) is 6.07 Å². The lowest BCUT2D eigenvalue weighted by Gasteiger charge is -2.56. The highest BCUT2D eigenvalue weighted by Gasteiger charge is 2.43. The van der Waals surface area contributed by atoms with Gasteiger partial charge in [0.05, 0.1) is 7.11 Å². The Kier molecular flexibility index (Phi) is 2.99. The number of ether oxygens (including phenoxy) is 1. The molecule has 2 saturated heterocycles. The molecule has 0 aromatic heterocycles. The van der Waals surface area contributed by atoms with Crippen LogP contribution in [0, 0.1) is 5.82 Å². The summed E-state index contributed by atoms with van der Waals surface area (Å²) in [7, 11) is 3.66. The Morgan fingerprint density at radius 2 is 2.06 bits per heavy atom. The van der Waals surface area contributed by atoms with Crippen molar-refractivity contribution < 1.29 is 9.13 Å². The zero-order valence-electron chi connectivity index (χ0n) is 10.9. The lowest BCUT2D eigenvalue weighted by molar-refractivity contribution is -0.0668. The summed E-state index contributed by atoms with van der Waals surface area (Å²) in [4.78, 5) is 4.87. The van der Waals surface area contributed by atoms with Crippen LogP contribution in [0.2, 0.25) is 0 Å². The minimum atomic E-state index is -0.266. The lowest BCUT2D eigenvalue weighted by Crippen LogP contribution is -2.67. The van der Waals surface area contributed by atoms with Crippen LogP contribution in [0.15, 0.2) is 18.2 Å². The molecule has 0 spiro atoms. The van der Waals surface area contributed by atoms with E-state index in [4.69, 9.17) is 4.74 Å². The first-order valence-electron chi connectivity index (χ1n) is 6.44. The summed E-state index contributed by atoms with van der Waals surface area (Å²) in [5.74, 6) is 0.0556. The monoisotopic (exact) mass is 250 g/mol. The molecule has 2 fully saturated rings. The van der Waals surface area contributed by atoms with Gasteiger partial charge in [-0.1, -0.05) is 6.07 Å². The quantitative estimate of drug-likeness (QED) is 0.812. The number of piperidine rings is 1. The number of methoxy groups -OCH3 is 1. The molecule has 98 valence electrons. The maximum Gasteiger partial charge on any atom is 0.165 e. The minimum Gasteiger partial charge on any atom is -0.494 e. The number of rotatable bonds is 3. The lowest BCUT2D eigenvalue weighted by atomic mass is 9.87. The molecule has 2 unspecified atom stereocenters. The van der Waals surface area contributed by atoms with Gasteiger partial charge in [-0.25, -0.2) is 4.39 Å². The van der Waals surface area contributed by atoms with Crippen molar-refractivity contribution in [2.24, 2.45) is 0 Å². The van der Waals surface area contributed by atoms with Crippen LogP contribution in [0.5, 0.6) is 5.75 Å². The molecule has 4 heteroatoms. The summed E-state index contributed by atoms with van der Waals surface area (Å²) in [6.07, 6.45) is 1.29. The Morgan fingerprint density at radius 3 is 2.67 bits per heavy atom. The Hall–Kier alpha value is -1.13. The molecule has 3 rings (SSSR count). The number of fused-ring (bicyclic) bond motifs is 2. The molecular formula is C14H19FN2O. The highest BCUT2D eigenvalue weighted by molar-refractivity contribution is 5.29. The van der Waals surface area contributed by atoms with E-state index >= 15 is 0 Å². The van der Waals surface area contributed by atoms with Gasteiger partial charge in [0.1, 0.15) is 0 Å². The number of benzene rings is 1. The predicted octanol–water partition coefficient (Wildman–Crippen LogP) is 1.72. The van der Waals surface area contributed by atoms with Crippen molar-refractivity contribution in [1.82, 2.24) is 9.80 Å². The van der Waals surface area contributed by atoms with Crippen molar-refractivity contribution in [3.63, 3.8) is 0 Å². The van der Waals surface area contributed by atoms with Crippen LogP contribution in [-0.4, -0.2) is 49.1 Å². The molecule has 1 aromatic carbocycles. The number of piperazine rings is 1. The molecular weight excluding hydrogens is 231 g/mol. The number of halogens is 1. The Labute approximate surface area is 107 Å². The van der Waals surface area contributed by atoms with Crippen molar-refractivity contribution in [1.29, 1.82) is 0 Å². The topological polar surface area (TPSA) is 15.7 Å². The van der Waals surface area contributed by atoms with Gasteiger partial charge < -0.3 is 9.64 Å². The van der Waals surface area contributed by atoms with Crippen LogP contribution in [-0.2, 0) is 6.54 Å². The van der Waals surface area contributed by atoms with E-state index in [1.54, 1.807) is 12.1 Å². The second-order valence-electron chi connectivity index (χ2n) is 5.41. The van der Waals surface area contributed by atoms with Gasteiger partial charge in [0.25, 0.3) is 0 Å². The third-order valence-electron chi connectivity index (χ3n) is 4.11. The van der Waals surface area contributed by atoms with Crippen LogP contribution in [0.4, 0.5) is 4.39 Å². The van der Waals surface area contributed by atoms with Crippen LogP contribution >= 0.6 is 0 Å². The molecule has 0 amide bonds. The third kappa shape index (κ3) is 1.99. The van der Waals surface area contributed by atoms with Gasteiger partial charge in [-0.15, -0.1) is 0 Å². The number of hydrogen-bond donors (Lipinski definition) is 0. The summed E-state index contributed by atoms with van der Waals surface area (Å²) < 4.78 is 18.6. The molecule has 2 atom stereocenters. The van der Waals surface area contributed by atoms with Gasteiger partial charge in [0.15, 0.2) is 11.6 Å². The fourth-order valence-corrected chi connectivity index (χ4v) is 3.18. The van der Waals surface area contributed by atoms with E-state index in [9.17, 15) is 4.39 Å². The number of likely N-dealkylation sites (N-methyl/N-ethyl adjacent to an activating group) is 1. The van der Waals surface area contributed by atoms with E-state index in [-0.39, 0.29) is 5.82 Å². The predicted molar refractivity (Wildman–Crippen MR) is 68.2 cm³/mol. The second kappa shape index (κ2) is 4.52. The van der Waals surface area contributed by atoms with E-state index in [0.29, 0.717) is 17.8 Å². The standard InChI is InChI=1S/C14H19FN2O/c1-16-8-11-6-12(9-16)17(11)7-10-3-4-14(18-2)13(15)5-10/h3-5,11-12H,6-9H2,1-2H3. The molecule has 0 saturated carbocycles. The van der Waals surface area contributed by atoms with E-state index in [1.165, 1.54) is 13.5 Å². The van der Waals surface area contributed by atoms with Gasteiger partial charge in [0.2, 0.25) is 0 Å².